The molecule has 1 heterocycles. The number of carbonyl (C=O) groups excluding carboxylic acids is 1. The van der Waals surface area contributed by atoms with Crippen LogP contribution in [0.3, 0.4) is 0 Å². The molecule has 1 aromatic carbocycles. The number of carbonyl (C=O) groups is 1. The van der Waals surface area contributed by atoms with Gasteiger partial charge >= 0.3 is 0 Å². The van der Waals surface area contributed by atoms with Gasteiger partial charge in [-0.3, -0.25) is 4.79 Å². The lowest BCUT2D eigenvalue weighted by molar-refractivity contribution is -0.158. The molecule has 134 valence electrons. The number of morpholine rings is 1. The lowest BCUT2D eigenvalue weighted by atomic mass is 10.1. The quantitative estimate of drug-likeness (QED) is 0.803. The van der Waals surface area contributed by atoms with E-state index in [9.17, 15) is 13.2 Å². The molecule has 7 heteroatoms. The highest BCUT2D eigenvalue weighted by molar-refractivity contribution is 7.88. The summed E-state index contributed by atoms with van der Waals surface area (Å²) in [5.41, 5.74) is 0.425. The van der Waals surface area contributed by atoms with Gasteiger partial charge in [0.15, 0.2) is 0 Å². The lowest BCUT2D eigenvalue weighted by Gasteiger charge is -2.42. The second-order valence-corrected chi connectivity index (χ2v) is 8.96. The molecule has 1 aliphatic rings. The van der Waals surface area contributed by atoms with E-state index in [4.69, 9.17) is 4.74 Å². The first-order valence-corrected chi connectivity index (χ1v) is 9.86. The first-order valence-electron chi connectivity index (χ1n) is 8.01. The summed E-state index contributed by atoms with van der Waals surface area (Å²) in [5.74, 6) is -0.195. The van der Waals surface area contributed by atoms with E-state index in [1.165, 1.54) is 4.31 Å². The van der Waals surface area contributed by atoms with Gasteiger partial charge in [-0.25, -0.2) is 8.42 Å². The van der Waals surface area contributed by atoms with Crippen molar-refractivity contribution < 1.29 is 17.9 Å². The van der Waals surface area contributed by atoms with E-state index in [1.54, 1.807) is 4.90 Å². The Morgan fingerprint density at radius 2 is 1.96 bits per heavy atom. The molecule has 0 radical (unpaired) electrons. The molecule has 0 N–H and O–H groups in total. The number of hydrogen-bond acceptors (Lipinski definition) is 4. The monoisotopic (exact) mass is 354 g/mol. The van der Waals surface area contributed by atoms with Crippen LogP contribution in [-0.4, -0.2) is 61.1 Å². The first kappa shape index (κ1) is 18.9. The van der Waals surface area contributed by atoms with E-state index >= 15 is 0 Å². The van der Waals surface area contributed by atoms with E-state index < -0.39 is 15.6 Å². The Labute approximate surface area is 144 Å². The molecule has 1 amide bonds. The maximum Gasteiger partial charge on any atom is 0.238 e. The van der Waals surface area contributed by atoms with E-state index in [0.29, 0.717) is 13.1 Å². The normalized spacial score (nSPS) is 21.0. The molecule has 0 spiro atoms. The van der Waals surface area contributed by atoms with Crippen molar-refractivity contribution in [2.75, 3.05) is 25.9 Å². The van der Waals surface area contributed by atoms with Crippen LogP contribution in [-0.2, 0) is 26.1 Å². The highest BCUT2D eigenvalue weighted by atomic mass is 32.2. The summed E-state index contributed by atoms with van der Waals surface area (Å²) in [7, 11) is -3.48. The molecular formula is C17H26N2O4S. The van der Waals surface area contributed by atoms with Crippen molar-refractivity contribution in [1.82, 2.24) is 9.21 Å². The van der Waals surface area contributed by atoms with E-state index in [-0.39, 0.29) is 25.1 Å². The maximum atomic E-state index is 12.6. The van der Waals surface area contributed by atoms with Gasteiger partial charge in [-0.15, -0.1) is 0 Å². The van der Waals surface area contributed by atoms with Crippen LogP contribution in [0.2, 0.25) is 0 Å². The largest absolute Gasteiger partial charge is 0.369 e. The molecule has 0 saturated carbocycles. The Bertz CT molecular complexity index is 673. The summed E-state index contributed by atoms with van der Waals surface area (Å²) in [6.07, 6.45) is 1.06. The standard InChI is InChI=1S/C17H26N2O4S/c1-14-10-18(13-17(2,3)23-14)16(20)12-19(24(4,21)22)11-15-8-6-5-7-9-15/h5-9,14H,10-13H2,1-4H3. The number of rotatable bonds is 5. The van der Waals surface area contributed by atoms with Gasteiger partial charge in [0.2, 0.25) is 15.9 Å². The minimum Gasteiger partial charge on any atom is -0.369 e. The number of amides is 1. The van der Waals surface area contributed by atoms with Crippen LogP contribution in [0.1, 0.15) is 26.3 Å². The van der Waals surface area contributed by atoms with Gasteiger partial charge in [0.1, 0.15) is 0 Å². The SMILES string of the molecule is CC1CN(C(=O)CN(Cc2ccccc2)S(C)(=O)=O)CC(C)(C)O1. The Balaban J connectivity index is 2.10. The molecule has 0 aliphatic carbocycles. The van der Waals surface area contributed by atoms with Gasteiger partial charge in [0.25, 0.3) is 0 Å². The zero-order chi connectivity index (χ0) is 18.0. The Kier molecular flexibility index (Phi) is 5.67. The van der Waals surface area contributed by atoms with Crippen LogP contribution in [0.5, 0.6) is 0 Å². The molecule has 1 fully saturated rings. The van der Waals surface area contributed by atoms with E-state index in [0.717, 1.165) is 11.8 Å². The van der Waals surface area contributed by atoms with Crippen LogP contribution in [0.25, 0.3) is 0 Å². The van der Waals surface area contributed by atoms with Crippen LogP contribution >= 0.6 is 0 Å². The Morgan fingerprint density at radius 3 is 2.50 bits per heavy atom. The second-order valence-electron chi connectivity index (χ2n) is 6.98. The highest BCUT2D eigenvalue weighted by Crippen LogP contribution is 2.21. The number of nitrogens with zero attached hydrogens (tertiary/aromatic N) is 2. The first-order chi connectivity index (χ1) is 11.1. The zero-order valence-electron chi connectivity index (χ0n) is 14.7. The van der Waals surface area contributed by atoms with Gasteiger partial charge in [-0.2, -0.15) is 4.31 Å². The van der Waals surface area contributed by atoms with Crippen LogP contribution in [0, 0.1) is 0 Å². The summed E-state index contributed by atoms with van der Waals surface area (Å²) in [6, 6.07) is 9.27. The van der Waals surface area contributed by atoms with Gasteiger partial charge in [0, 0.05) is 19.6 Å². The van der Waals surface area contributed by atoms with Crippen molar-refractivity contribution in [3.8, 4) is 0 Å². The fourth-order valence-electron chi connectivity index (χ4n) is 2.97. The van der Waals surface area contributed by atoms with Crippen molar-refractivity contribution >= 4 is 15.9 Å². The summed E-state index contributed by atoms with van der Waals surface area (Å²) >= 11 is 0. The molecule has 1 unspecified atom stereocenters. The zero-order valence-corrected chi connectivity index (χ0v) is 15.5. The van der Waals surface area contributed by atoms with Crippen molar-refractivity contribution in [3.05, 3.63) is 35.9 Å². The summed E-state index contributed by atoms with van der Waals surface area (Å²) in [6.45, 7) is 6.75. The average molecular weight is 354 g/mol. The van der Waals surface area contributed by atoms with Crippen molar-refractivity contribution in [1.29, 1.82) is 0 Å². The van der Waals surface area contributed by atoms with Crippen molar-refractivity contribution in [2.45, 2.75) is 39.0 Å². The number of sulfonamides is 1. The minimum atomic E-state index is -3.48. The summed E-state index contributed by atoms with van der Waals surface area (Å²) < 4.78 is 31.2. The van der Waals surface area contributed by atoms with E-state index in [1.807, 2.05) is 51.1 Å². The molecule has 1 saturated heterocycles. The number of hydrogen-bond donors (Lipinski definition) is 0. The topological polar surface area (TPSA) is 66.9 Å². The summed E-state index contributed by atoms with van der Waals surface area (Å²) in [4.78, 5) is 14.3. The molecule has 0 bridgehead atoms. The van der Waals surface area contributed by atoms with E-state index in [2.05, 4.69) is 0 Å². The van der Waals surface area contributed by atoms with Crippen LogP contribution < -0.4 is 0 Å². The Hall–Kier alpha value is -1.44. The molecule has 0 aromatic heterocycles. The molecule has 1 atom stereocenters. The number of benzene rings is 1. The van der Waals surface area contributed by atoms with Crippen molar-refractivity contribution in [3.63, 3.8) is 0 Å². The fraction of sp³-hybridized carbons (Fsp3) is 0.588. The minimum absolute atomic E-state index is 0.0708. The fourth-order valence-corrected chi connectivity index (χ4v) is 3.70. The lowest BCUT2D eigenvalue weighted by Crippen LogP contribution is -2.55. The van der Waals surface area contributed by atoms with Gasteiger partial charge < -0.3 is 9.64 Å². The molecule has 24 heavy (non-hydrogen) atoms. The highest BCUT2D eigenvalue weighted by Gasteiger charge is 2.34. The third kappa shape index (κ3) is 5.29. The van der Waals surface area contributed by atoms with Gasteiger partial charge in [-0.1, -0.05) is 30.3 Å². The molecule has 6 nitrogen and oxygen atoms in total. The number of ether oxygens (including phenoxy) is 1. The predicted molar refractivity (Wildman–Crippen MR) is 92.9 cm³/mol. The van der Waals surface area contributed by atoms with Crippen LogP contribution in [0.15, 0.2) is 30.3 Å². The third-order valence-corrected chi connectivity index (χ3v) is 5.10. The van der Waals surface area contributed by atoms with Gasteiger partial charge in [-0.05, 0) is 26.3 Å². The molecule has 1 aliphatic heterocycles. The predicted octanol–water partition coefficient (Wildman–Crippen LogP) is 1.47. The third-order valence-electron chi connectivity index (χ3n) is 3.90. The maximum absolute atomic E-state index is 12.6. The molecule has 2 rings (SSSR count). The Morgan fingerprint density at radius 1 is 1.33 bits per heavy atom. The molecular weight excluding hydrogens is 328 g/mol. The van der Waals surface area contributed by atoms with Crippen LogP contribution in [0.4, 0.5) is 0 Å². The molecule has 1 aromatic rings. The average Bonchev–Trinajstić information content (AvgIpc) is 2.44. The van der Waals surface area contributed by atoms with Crippen molar-refractivity contribution in [2.24, 2.45) is 0 Å². The second kappa shape index (κ2) is 7.21. The smallest absolute Gasteiger partial charge is 0.238 e. The summed E-state index contributed by atoms with van der Waals surface area (Å²) in [5, 5.41) is 0. The van der Waals surface area contributed by atoms with Gasteiger partial charge in [0.05, 0.1) is 24.5 Å².